The number of hydrogen-bond acceptors (Lipinski definition) is 6. The number of hydrogen-bond donors (Lipinski definition) is 2. The van der Waals surface area contributed by atoms with Crippen molar-refractivity contribution in [2.75, 3.05) is 6.54 Å². The van der Waals surface area contributed by atoms with Crippen LogP contribution in [0.2, 0.25) is 0 Å². The van der Waals surface area contributed by atoms with Gasteiger partial charge in [-0.3, -0.25) is 5.01 Å². The highest BCUT2D eigenvalue weighted by atomic mass is 32.2. The molecule has 0 unspecified atom stereocenters. The molecule has 0 aromatic carbocycles. The highest BCUT2D eigenvalue weighted by Crippen LogP contribution is 2.25. The Balaban J connectivity index is 2.80. The highest BCUT2D eigenvalue weighted by molar-refractivity contribution is 8.01. The lowest BCUT2D eigenvalue weighted by Gasteiger charge is -2.31. The first-order valence-electron chi connectivity index (χ1n) is 4.73. The van der Waals surface area contributed by atoms with E-state index < -0.39 is 0 Å². The molecule has 0 amide bonds. The Labute approximate surface area is 89.1 Å². The molecule has 1 heterocycles. The summed E-state index contributed by atoms with van der Waals surface area (Å²) in [6.45, 7) is 9.20. The van der Waals surface area contributed by atoms with E-state index in [9.17, 15) is 0 Å². The lowest BCUT2D eigenvalue weighted by molar-refractivity contribution is 0.215. The second-order valence-corrected chi connectivity index (χ2v) is 4.03. The largest absolute Gasteiger partial charge is 0.297 e. The van der Waals surface area contributed by atoms with Crippen molar-refractivity contribution in [2.45, 2.75) is 33.7 Å². The maximum absolute atomic E-state index is 3.99. The fourth-order valence-corrected chi connectivity index (χ4v) is 1.89. The van der Waals surface area contributed by atoms with Gasteiger partial charge in [-0.15, -0.1) is 5.11 Å². The maximum atomic E-state index is 3.99. The monoisotopic (exact) mass is 215 g/mol. The molecule has 0 atom stereocenters. The zero-order valence-corrected chi connectivity index (χ0v) is 9.85. The Morgan fingerprint density at radius 2 is 2.29 bits per heavy atom. The molecule has 1 aliphatic rings. The van der Waals surface area contributed by atoms with Gasteiger partial charge in [0.05, 0.1) is 5.70 Å². The number of nitrogens with one attached hydrogen (secondary N) is 2. The van der Waals surface area contributed by atoms with Gasteiger partial charge in [0.15, 0.2) is 0 Å². The summed E-state index contributed by atoms with van der Waals surface area (Å²) in [6.07, 6.45) is 0. The lowest BCUT2D eigenvalue weighted by atomic mass is 10.4. The SMILES string of the molecule is CCNN(C1=C(C)N=NNS1)C(C)C. The van der Waals surface area contributed by atoms with Crippen LogP contribution in [0.4, 0.5) is 0 Å². The first-order chi connectivity index (χ1) is 6.66. The van der Waals surface area contributed by atoms with Gasteiger partial charge in [-0.2, -0.15) is 0 Å². The molecule has 0 spiro atoms. The van der Waals surface area contributed by atoms with Crippen molar-refractivity contribution in [3.63, 3.8) is 0 Å². The number of rotatable bonds is 4. The van der Waals surface area contributed by atoms with E-state index in [1.54, 1.807) is 0 Å². The predicted octanol–water partition coefficient (Wildman–Crippen LogP) is 2.03. The van der Waals surface area contributed by atoms with Gasteiger partial charge in [0.2, 0.25) is 0 Å². The maximum Gasteiger partial charge on any atom is 0.131 e. The molecule has 0 bridgehead atoms. The molecule has 0 saturated heterocycles. The second-order valence-electron chi connectivity index (χ2n) is 3.26. The van der Waals surface area contributed by atoms with Gasteiger partial charge >= 0.3 is 0 Å². The zero-order chi connectivity index (χ0) is 10.6. The third kappa shape index (κ3) is 2.62. The number of hydrazine groups is 1. The standard InChI is InChI=1S/C8H17N5S/c1-5-9-13(6(2)3)8-7(4)10-11-12-14-8/h6,9H,5H2,1-4H3,(H,10,12). The summed E-state index contributed by atoms with van der Waals surface area (Å²) in [5.41, 5.74) is 4.23. The van der Waals surface area contributed by atoms with Crippen LogP contribution in [0.5, 0.6) is 0 Å². The normalized spacial score (nSPS) is 16.1. The van der Waals surface area contributed by atoms with Crippen molar-refractivity contribution in [1.82, 2.24) is 15.3 Å². The highest BCUT2D eigenvalue weighted by Gasteiger charge is 2.18. The summed E-state index contributed by atoms with van der Waals surface area (Å²) in [7, 11) is 0. The van der Waals surface area contributed by atoms with Gasteiger partial charge in [-0.05, 0) is 20.8 Å². The van der Waals surface area contributed by atoms with Gasteiger partial charge in [0, 0.05) is 24.5 Å². The molecule has 1 rings (SSSR count). The smallest absolute Gasteiger partial charge is 0.131 e. The third-order valence-corrected chi connectivity index (χ3v) is 2.61. The summed E-state index contributed by atoms with van der Waals surface area (Å²) in [5, 5.41) is 10.9. The molecule has 0 aliphatic carbocycles. The van der Waals surface area contributed by atoms with Crippen LogP contribution in [0, 0.1) is 0 Å². The molecule has 6 heteroatoms. The Kier molecular flexibility index (Phi) is 4.21. The molecule has 5 nitrogen and oxygen atoms in total. The summed E-state index contributed by atoms with van der Waals surface area (Å²) in [6, 6.07) is 0.391. The van der Waals surface area contributed by atoms with Gasteiger partial charge in [-0.1, -0.05) is 12.1 Å². The van der Waals surface area contributed by atoms with E-state index in [4.69, 9.17) is 0 Å². The van der Waals surface area contributed by atoms with Crippen molar-refractivity contribution in [2.24, 2.45) is 10.3 Å². The van der Waals surface area contributed by atoms with E-state index in [-0.39, 0.29) is 0 Å². The number of nitrogens with zero attached hydrogens (tertiary/aromatic N) is 3. The average Bonchev–Trinajstić information content (AvgIpc) is 2.15. The van der Waals surface area contributed by atoms with Crippen molar-refractivity contribution in [1.29, 1.82) is 0 Å². The predicted molar refractivity (Wildman–Crippen MR) is 58.9 cm³/mol. The van der Waals surface area contributed by atoms with Crippen LogP contribution in [0.25, 0.3) is 0 Å². The van der Waals surface area contributed by atoms with Gasteiger partial charge in [0.1, 0.15) is 5.03 Å². The quantitative estimate of drug-likeness (QED) is 0.556. The van der Waals surface area contributed by atoms with E-state index in [0.717, 1.165) is 17.3 Å². The van der Waals surface area contributed by atoms with Crippen LogP contribution in [0.15, 0.2) is 21.1 Å². The van der Waals surface area contributed by atoms with Crippen molar-refractivity contribution in [3.8, 4) is 0 Å². The fourth-order valence-electron chi connectivity index (χ4n) is 1.16. The molecule has 80 valence electrons. The minimum atomic E-state index is 0.391. The second kappa shape index (κ2) is 5.21. The van der Waals surface area contributed by atoms with Crippen molar-refractivity contribution in [3.05, 3.63) is 10.7 Å². The van der Waals surface area contributed by atoms with Gasteiger partial charge in [-0.25, -0.2) is 10.3 Å². The summed E-state index contributed by atoms with van der Waals surface area (Å²) in [4.78, 5) is 2.79. The van der Waals surface area contributed by atoms with E-state index in [0.29, 0.717) is 6.04 Å². The van der Waals surface area contributed by atoms with Crippen molar-refractivity contribution >= 4 is 11.9 Å². The first-order valence-corrected chi connectivity index (χ1v) is 5.54. The van der Waals surface area contributed by atoms with Crippen LogP contribution in [-0.4, -0.2) is 17.6 Å². The molecule has 0 fully saturated rings. The Morgan fingerprint density at radius 3 is 2.79 bits per heavy atom. The van der Waals surface area contributed by atoms with Crippen LogP contribution in [0.1, 0.15) is 27.7 Å². The summed E-state index contributed by atoms with van der Waals surface area (Å²) in [5.74, 6) is 0. The van der Waals surface area contributed by atoms with E-state index in [1.807, 2.05) is 6.92 Å². The topological polar surface area (TPSA) is 52.0 Å². The molecule has 14 heavy (non-hydrogen) atoms. The molecule has 0 aromatic rings. The zero-order valence-electron chi connectivity index (χ0n) is 9.03. The molecule has 2 N–H and O–H groups in total. The van der Waals surface area contributed by atoms with Crippen molar-refractivity contribution < 1.29 is 0 Å². The van der Waals surface area contributed by atoms with Gasteiger partial charge in [0.25, 0.3) is 0 Å². The molecule has 0 aromatic heterocycles. The Bertz CT molecular complexity index is 248. The molecular weight excluding hydrogens is 198 g/mol. The fraction of sp³-hybridized carbons (Fsp3) is 0.750. The van der Waals surface area contributed by atoms with Crippen LogP contribution in [-0.2, 0) is 0 Å². The molecule has 1 aliphatic heterocycles. The molecular formula is C8H17N5S. The average molecular weight is 215 g/mol. The minimum absolute atomic E-state index is 0.391. The van der Waals surface area contributed by atoms with Crippen LogP contribution < -0.4 is 10.3 Å². The molecule has 0 saturated carbocycles. The summed E-state index contributed by atoms with van der Waals surface area (Å²) >= 11 is 1.48. The summed E-state index contributed by atoms with van der Waals surface area (Å²) < 4.78 is 0. The van der Waals surface area contributed by atoms with E-state index in [1.165, 1.54) is 11.9 Å². The minimum Gasteiger partial charge on any atom is -0.297 e. The Morgan fingerprint density at radius 1 is 1.57 bits per heavy atom. The van der Waals surface area contributed by atoms with E-state index in [2.05, 4.69) is 46.4 Å². The lowest BCUT2D eigenvalue weighted by Crippen LogP contribution is -2.42. The third-order valence-electron chi connectivity index (χ3n) is 1.76. The number of allylic oxidation sites excluding steroid dienone is 1. The van der Waals surface area contributed by atoms with E-state index >= 15 is 0 Å². The molecule has 0 radical (unpaired) electrons. The first kappa shape index (κ1) is 11.3. The van der Waals surface area contributed by atoms with Gasteiger partial charge < -0.3 is 0 Å². The Hall–Kier alpha value is -0.750. The van der Waals surface area contributed by atoms with Crippen LogP contribution >= 0.6 is 11.9 Å². The van der Waals surface area contributed by atoms with Crippen LogP contribution in [0.3, 0.4) is 0 Å².